The predicted molar refractivity (Wildman–Crippen MR) is 126 cm³/mol. The van der Waals surface area contributed by atoms with Gasteiger partial charge in [-0.3, -0.25) is 9.69 Å². The van der Waals surface area contributed by atoms with E-state index in [0.717, 1.165) is 12.6 Å². The Labute approximate surface area is 197 Å². The molecule has 4 rings (SSSR count). The normalized spacial score (nSPS) is 15.3. The molecule has 33 heavy (non-hydrogen) atoms. The summed E-state index contributed by atoms with van der Waals surface area (Å²) >= 11 is 5.97. The Morgan fingerprint density at radius 3 is 2.36 bits per heavy atom. The van der Waals surface area contributed by atoms with E-state index in [0.29, 0.717) is 26.2 Å². The van der Waals surface area contributed by atoms with Gasteiger partial charge in [0, 0.05) is 38.3 Å². The SMILES string of the molecule is O=C(Nc1ccc(F)cc1Cl)c1cccc(S(=O)(=O)N2CCN(Cc3ccccc3)CC2)c1. The van der Waals surface area contributed by atoms with Gasteiger partial charge in [0.05, 0.1) is 15.6 Å². The van der Waals surface area contributed by atoms with Gasteiger partial charge in [-0.15, -0.1) is 0 Å². The number of carbonyl (C=O) groups is 1. The maximum absolute atomic E-state index is 13.2. The van der Waals surface area contributed by atoms with Crippen molar-refractivity contribution in [3.63, 3.8) is 0 Å². The van der Waals surface area contributed by atoms with E-state index in [-0.39, 0.29) is 21.2 Å². The summed E-state index contributed by atoms with van der Waals surface area (Å²) in [7, 11) is -3.75. The molecule has 1 saturated heterocycles. The summed E-state index contributed by atoms with van der Waals surface area (Å²) < 4.78 is 41.1. The average Bonchev–Trinajstić information content (AvgIpc) is 2.82. The van der Waals surface area contributed by atoms with Crippen LogP contribution in [0.1, 0.15) is 15.9 Å². The summed E-state index contributed by atoms with van der Waals surface area (Å²) in [4.78, 5) is 14.9. The number of rotatable bonds is 6. The molecular weight excluding hydrogens is 465 g/mol. The topological polar surface area (TPSA) is 69.7 Å². The van der Waals surface area contributed by atoms with Crippen molar-refractivity contribution in [3.8, 4) is 0 Å². The van der Waals surface area contributed by atoms with Gasteiger partial charge >= 0.3 is 0 Å². The van der Waals surface area contributed by atoms with Crippen LogP contribution in [-0.2, 0) is 16.6 Å². The van der Waals surface area contributed by atoms with Crippen molar-refractivity contribution in [1.82, 2.24) is 9.21 Å². The molecule has 172 valence electrons. The van der Waals surface area contributed by atoms with Crippen LogP contribution in [0.4, 0.5) is 10.1 Å². The number of carbonyl (C=O) groups excluding carboxylic acids is 1. The van der Waals surface area contributed by atoms with Crippen LogP contribution < -0.4 is 5.32 Å². The van der Waals surface area contributed by atoms with Crippen LogP contribution in [0.2, 0.25) is 5.02 Å². The van der Waals surface area contributed by atoms with Gasteiger partial charge in [-0.2, -0.15) is 4.31 Å². The van der Waals surface area contributed by atoms with Crippen molar-refractivity contribution in [2.75, 3.05) is 31.5 Å². The van der Waals surface area contributed by atoms with Crippen LogP contribution in [0.25, 0.3) is 0 Å². The number of nitrogens with zero attached hydrogens (tertiary/aromatic N) is 2. The fourth-order valence-corrected chi connectivity index (χ4v) is 5.38. The van der Waals surface area contributed by atoms with Gasteiger partial charge in [-0.25, -0.2) is 12.8 Å². The number of anilines is 1. The Kier molecular flexibility index (Phi) is 7.09. The molecule has 0 spiro atoms. The van der Waals surface area contributed by atoms with Crippen LogP contribution in [0, 0.1) is 5.82 Å². The minimum atomic E-state index is -3.75. The summed E-state index contributed by atoms with van der Waals surface area (Å²) in [6, 6.07) is 19.6. The second-order valence-corrected chi connectivity index (χ2v) is 10.1. The van der Waals surface area contributed by atoms with Crippen molar-refractivity contribution in [2.24, 2.45) is 0 Å². The van der Waals surface area contributed by atoms with Crippen LogP contribution >= 0.6 is 11.6 Å². The summed E-state index contributed by atoms with van der Waals surface area (Å²) in [5.41, 5.74) is 1.60. The zero-order valence-electron chi connectivity index (χ0n) is 17.7. The van der Waals surface area contributed by atoms with E-state index in [1.807, 2.05) is 18.2 Å². The molecule has 0 atom stereocenters. The Morgan fingerprint density at radius 1 is 0.939 bits per heavy atom. The molecule has 1 aliphatic rings. The Balaban J connectivity index is 1.43. The highest BCUT2D eigenvalue weighted by atomic mass is 35.5. The zero-order chi connectivity index (χ0) is 23.4. The van der Waals surface area contributed by atoms with E-state index in [2.05, 4.69) is 22.3 Å². The number of hydrogen-bond acceptors (Lipinski definition) is 4. The molecule has 1 fully saturated rings. The second kappa shape index (κ2) is 10.0. The first kappa shape index (κ1) is 23.4. The third kappa shape index (κ3) is 5.59. The van der Waals surface area contributed by atoms with E-state index >= 15 is 0 Å². The molecular formula is C24H23ClFN3O3S. The zero-order valence-corrected chi connectivity index (χ0v) is 19.3. The Bertz CT molecular complexity index is 1250. The minimum absolute atomic E-state index is 0.0527. The third-order valence-electron chi connectivity index (χ3n) is 5.49. The highest BCUT2D eigenvalue weighted by Crippen LogP contribution is 2.24. The van der Waals surface area contributed by atoms with Crippen molar-refractivity contribution in [2.45, 2.75) is 11.4 Å². The van der Waals surface area contributed by atoms with Crippen molar-refractivity contribution in [1.29, 1.82) is 0 Å². The van der Waals surface area contributed by atoms with Crippen molar-refractivity contribution in [3.05, 3.63) is 94.8 Å². The molecule has 1 amide bonds. The van der Waals surface area contributed by atoms with Crippen LogP contribution in [0.5, 0.6) is 0 Å². The lowest BCUT2D eigenvalue weighted by Crippen LogP contribution is -2.48. The first-order valence-corrected chi connectivity index (χ1v) is 12.3. The summed E-state index contributed by atoms with van der Waals surface area (Å²) in [5, 5.41) is 2.64. The third-order valence-corrected chi connectivity index (χ3v) is 7.70. The fourth-order valence-electron chi connectivity index (χ4n) is 3.70. The maximum atomic E-state index is 13.2. The average molecular weight is 488 g/mol. The number of hydrogen-bond donors (Lipinski definition) is 1. The number of amides is 1. The van der Waals surface area contributed by atoms with Crippen LogP contribution in [0.3, 0.4) is 0 Å². The number of sulfonamides is 1. The van der Waals surface area contributed by atoms with E-state index in [1.54, 1.807) is 0 Å². The molecule has 6 nitrogen and oxygen atoms in total. The highest BCUT2D eigenvalue weighted by Gasteiger charge is 2.29. The lowest BCUT2D eigenvalue weighted by Gasteiger charge is -2.34. The van der Waals surface area contributed by atoms with E-state index < -0.39 is 21.7 Å². The van der Waals surface area contributed by atoms with E-state index in [9.17, 15) is 17.6 Å². The number of nitrogens with one attached hydrogen (secondary N) is 1. The molecule has 0 radical (unpaired) electrons. The molecule has 0 bridgehead atoms. The molecule has 0 unspecified atom stereocenters. The van der Waals surface area contributed by atoms with Crippen molar-refractivity contribution >= 4 is 33.2 Å². The molecule has 0 aliphatic carbocycles. The Hall–Kier alpha value is -2.78. The standard InChI is InChI=1S/C24H23ClFN3O3S/c25-22-16-20(26)9-10-23(22)27-24(30)19-7-4-8-21(15-19)33(31,32)29-13-11-28(12-14-29)17-18-5-2-1-3-6-18/h1-10,15-16H,11-14,17H2,(H,27,30). The van der Waals surface area contributed by atoms with Gasteiger partial charge in [0.15, 0.2) is 0 Å². The molecule has 1 N–H and O–H groups in total. The minimum Gasteiger partial charge on any atom is -0.321 e. The van der Waals surface area contributed by atoms with Crippen LogP contribution in [-0.4, -0.2) is 49.7 Å². The van der Waals surface area contributed by atoms with Gasteiger partial charge in [-0.1, -0.05) is 48.0 Å². The van der Waals surface area contributed by atoms with Gasteiger partial charge in [0.2, 0.25) is 10.0 Å². The van der Waals surface area contributed by atoms with Gasteiger partial charge in [0.1, 0.15) is 5.82 Å². The molecule has 3 aromatic rings. The van der Waals surface area contributed by atoms with E-state index in [1.165, 1.54) is 46.3 Å². The summed E-state index contributed by atoms with van der Waals surface area (Å²) in [6.45, 7) is 2.76. The monoisotopic (exact) mass is 487 g/mol. The largest absolute Gasteiger partial charge is 0.321 e. The smallest absolute Gasteiger partial charge is 0.255 e. The lowest BCUT2D eigenvalue weighted by atomic mass is 10.2. The van der Waals surface area contributed by atoms with Gasteiger partial charge in [-0.05, 0) is 42.0 Å². The number of piperazine rings is 1. The number of benzene rings is 3. The molecule has 0 aromatic heterocycles. The molecule has 1 heterocycles. The Morgan fingerprint density at radius 2 is 1.67 bits per heavy atom. The van der Waals surface area contributed by atoms with Crippen LogP contribution in [0.15, 0.2) is 77.7 Å². The lowest BCUT2D eigenvalue weighted by molar-refractivity contribution is 0.102. The fraction of sp³-hybridized carbons (Fsp3) is 0.208. The number of halogens is 2. The van der Waals surface area contributed by atoms with Gasteiger partial charge < -0.3 is 5.32 Å². The van der Waals surface area contributed by atoms with E-state index in [4.69, 9.17) is 11.6 Å². The molecule has 0 saturated carbocycles. The summed E-state index contributed by atoms with van der Waals surface area (Å²) in [6.07, 6.45) is 0. The maximum Gasteiger partial charge on any atom is 0.255 e. The predicted octanol–water partition coefficient (Wildman–Crippen LogP) is 4.24. The molecule has 3 aromatic carbocycles. The molecule has 1 aliphatic heterocycles. The van der Waals surface area contributed by atoms with Gasteiger partial charge in [0.25, 0.3) is 5.91 Å². The molecule has 9 heteroatoms. The summed E-state index contributed by atoms with van der Waals surface area (Å²) in [5.74, 6) is -1.05. The first-order valence-electron chi connectivity index (χ1n) is 10.5. The quantitative estimate of drug-likeness (QED) is 0.564. The van der Waals surface area contributed by atoms with Crippen molar-refractivity contribution < 1.29 is 17.6 Å². The second-order valence-electron chi connectivity index (χ2n) is 7.77. The first-order chi connectivity index (χ1) is 15.8. The highest BCUT2D eigenvalue weighted by molar-refractivity contribution is 7.89.